The van der Waals surface area contributed by atoms with Crippen LogP contribution in [0.15, 0.2) is 24.3 Å². The highest BCUT2D eigenvalue weighted by molar-refractivity contribution is 7.71. The van der Waals surface area contributed by atoms with Gasteiger partial charge in [0.15, 0.2) is 10.6 Å². The molecule has 1 aliphatic rings. The summed E-state index contributed by atoms with van der Waals surface area (Å²) in [4.78, 5) is 2.31. The third-order valence-electron chi connectivity index (χ3n) is 4.17. The van der Waals surface area contributed by atoms with Gasteiger partial charge in [-0.15, -0.1) is 0 Å². The Balaban J connectivity index is 1.95. The van der Waals surface area contributed by atoms with E-state index < -0.39 is 0 Å². The second-order valence-corrected chi connectivity index (χ2v) is 6.53. The van der Waals surface area contributed by atoms with E-state index in [-0.39, 0.29) is 6.04 Å². The molecule has 0 atom stereocenters. The van der Waals surface area contributed by atoms with E-state index in [0.29, 0.717) is 6.67 Å². The van der Waals surface area contributed by atoms with E-state index in [2.05, 4.69) is 23.3 Å². The average molecular weight is 348 g/mol. The molecule has 0 bridgehead atoms. The molecule has 1 aromatic carbocycles. The lowest BCUT2D eigenvalue weighted by Gasteiger charge is -2.26. The number of hydrogen-bond acceptors (Lipinski definition) is 5. The summed E-state index contributed by atoms with van der Waals surface area (Å²) in [6, 6.07) is 8.18. The van der Waals surface area contributed by atoms with Gasteiger partial charge in [-0.3, -0.25) is 9.47 Å². The predicted octanol–water partition coefficient (Wildman–Crippen LogP) is 2.96. The molecule has 0 aliphatic carbocycles. The van der Waals surface area contributed by atoms with Crippen LogP contribution in [0.3, 0.4) is 0 Å². The molecule has 0 amide bonds. The van der Waals surface area contributed by atoms with Gasteiger partial charge in [-0.25, -0.2) is 4.68 Å². The number of aromatic nitrogens is 3. The summed E-state index contributed by atoms with van der Waals surface area (Å²) in [5.74, 6) is 1.73. The Labute approximate surface area is 147 Å². The summed E-state index contributed by atoms with van der Waals surface area (Å²) < 4.78 is 15.4. The minimum atomic E-state index is 0.244. The number of hydrogen-bond donors (Lipinski definition) is 0. The molecule has 3 rings (SSSR count). The van der Waals surface area contributed by atoms with Gasteiger partial charge in [0, 0.05) is 24.7 Å². The lowest BCUT2D eigenvalue weighted by molar-refractivity contribution is 0.0209. The molecular weight excluding hydrogens is 324 g/mol. The van der Waals surface area contributed by atoms with Crippen LogP contribution < -0.4 is 4.74 Å². The second kappa shape index (κ2) is 7.46. The summed E-state index contributed by atoms with van der Waals surface area (Å²) in [6.07, 6.45) is 0. The quantitative estimate of drug-likeness (QED) is 0.778. The van der Waals surface area contributed by atoms with Crippen molar-refractivity contribution in [2.45, 2.75) is 26.6 Å². The highest BCUT2D eigenvalue weighted by atomic mass is 32.1. The van der Waals surface area contributed by atoms with Crippen molar-refractivity contribution in [2.75, 3.05) is 33.4 Å². The largest absolute Gasteiger partial charge is 0.497 e. The van der Waals surface area contributed by atoms with Crippen LogP contribution in [0.1, 0.15) is 19.9 Å². The second-order valence-electron chi connectivity index (χ2n) is 6.17. The van der Waals surface area contributed by atoms with Crippen molar-refractivity contribution in [3.8, 4) is 17.1 Å². The van der Waals surface area contributed by atoms with Crippen molar-refractivity contribution in [3.63, 3.8) is 0 Å². The first-order chi connectivity index (χ1) is 11.6. The van der Waals surface area contributed by atoms with E-state index in [1.807, 2.05) is 28.9 Å². The fraction of sp³-hybridized carbons (Fsp3) is 0.529. The van der Waals surface area contributed by atoms with E-state index in [1.165, 1.54) is 0 Å². The van der Waals surface area contributed by atoms with E-state index in [0.717, 1.165) is 48.2 Å². The van der Waals surface area contributed by atoms with Gasteiger partial charge < -0.3 is 9.47 Å². The fourth-order valence-electron chi connectivity index (χ4n) is 2.85. The molecular formula is C17H24N4O2S. The number of methoxy groups -OCH3 is 1. The zero-order valence-electron chi connectivity index (χ0n) is 14.4. The average Bonchev–Trinajstić information content (AvgIpc) is 2.92. The summed E-state index contributed by atoms with van der Waals surface area (Å²) >= 11 is 5.69. The molecule has 7 heteroatoms. The van der Waals surface area contributed by atoms with Crippen LogP contribution in [0, 0.1) is 4.77 Å². The van der Waals surface area contributed by atoms with Gasteiger partial charge >= 0.3 is 0 Å². The zero-order valence-corrected chi connectivity index (χ0v) is 15.3. The van der Waals surface area contributed by atoms with Crippen molar-refractivity contribution in [3.05, 3.63) is 29.0 Å². The van der Waals surface area contributed by atoms with Crippen molar-refractivity contribution >= 4 is 12.2 Å². The number of benzene rings is 1. The summed E-state index contributed by atoms with van der Waals surface area (Å²) in [5, 5.41) is 4.80. The van der Waals surface area contributed by atoms with Gasteiger partial charge in [-0.05, 0) is 50.3 Å². The molecule has 0 saturated carbocycles. The molecule has 130 valence electrons. The minimum Gasteiger partial charge on any atom is -0.497 e. The van der Waals surface area contributed by atoms with Gasteiger partial charge in [0.2, 0.25) is 0 Å². The lowest BCUT2D eigenvalue weighted by Crippen LogP contribution is -2.37. The highest BCUT2D eigenvalue weighted by Gasteiger charge is 2.18. The molecule has 1 fully saturated rings. The smallest absolute Gasteiger partial charge is 0.199 e. The number of ether oxygens (including phenoxy) is 2. The van der Waals surface area contributed by atoms with Crippen LogP contribution in [0.25, 0.3) is 11.4 Å². The Bertz CT molecular complexity index is 730. The van der Waals surface area contributed by atoms with Crippen LogP contribution in [0.2, 0.25) is 0 Å². The third-order valence-corrected chi connectivity index (χ3v) is 4.58. The van der Waals surface area contributed by atoms with Crippen LogP contribution >= 0.6 is 12.2 Å². The maximum atomic E-state index is 5.69. The molecule has 0 unspecified atom stereocenters. The molecule has 24 heavy (non-hydrogen) atoms. The van der Waals surface area contributed by atoms with Crippen molar-refractivity contribution in [2.24, 2.45) is 0 Å². The first-order valence-corrected chi connectivity index (χ1v) is 8.65. The van der Waals surface area contributed by atoms with Gasteiger partial charge in [0.05, 0.1) is 27.0 Å². The number of nitrogens with zero attached hydrogens (tertiary/aromatic N) is 4. The highest BCUT2D eigenvalue weighted by Crippen LogP contribution is 2.24. The van der Waals surface area contributed by atoms with Gasteiger partial charge in [-0.1, -0.05) is 0 Å². The molecule has 1 saturated heterocycles. The normalized spacial score (nSPS) is 15.8. The number of rotatable bonds is 5. The Hall–Kier alpha value is -1.70. The lowest BCUT2D eigenvalue weighted by atomic mass is 10.2. The Morgan fingerprint density at radius 3 is 2.46 bits per heavy atom. The summed E-state index contributed by atoms with van der Waals surface area (Å²) in [6.45, 7) is 8.31. The Morgan fingerprint density at radius 2 is 1.88 bits per heavy atom. The maximum absolute atomic E-state index is 5.69. The fourth-order valence-corrected chi connectivity index (χ4v) is 3.24. The molecule has 2 heterocycles. The molecule has 6 nitrogen and oxygen atoms in total. The topological polar surface area (TPSA) is 44.4 Å². The van der Waals surface area contributed by atoms with Gasteiger partial charge in [-0.2, -0.15) is 5.10 Å². The number of morpholine rings is 1. The predicted molar refractivity (Wildman–Crippen MR) is 95.8 cm³/mol. The van der Waals surface area contributed by atoms with Gasteiger partial charge in [0.25, 0.3) is 0 Å². The maximum Gasteiger partial charge on any atom is 0.199 e. The first-order valence-electron chi connectivity index (χ1n) is 8.24. The molecule has 0 radical (unpaired) electrons. The van der Waals surface area contributed by atoms with Gasteiger partial charge in [0.1, 0.15) is 5.75 Å². The van der Waals surface area contributed by atoms with E-state index >= 15 is 0 Å². The Kier molecular flexibility index (Phi) is 5.33. The Morgan fingerprint density at radius 1 is 1.21 bits per heavy atom. The van der Waals surface area contributed by atoms with E-state index in [4.69, 9.17) is 26.8 Å². The van der Waals surface area contributed by atoms with E-state index in [1.54, 1.807) is 7.11 Å². The molecule has 0 spiro atoms. The molecule has 2 aromatic rings. The first kappa shape index (κ1) is 17.1. The van der Waals surface area contributed by atoms with Crippen LogP contribution in [-0.2, 0) is 11.4 Å². The standard InChI is InChI=1S/C17H24N4O2S/c1-13(2)21-16(14-4-6-15(22-3)7-5-14)18-20(17(21)24)12-19-8-10-23-11-9-19/h4-7,13H,8-12H2,1-3H3. The SMILES string of the molecule is COc1ccc(-c2nn(CN3CCOCC3)c(=S)n2C(C)C)cc1. The minimum absolute atomic E-state index is 0.244. The van der Waals surface area contributed by atoms with E-state index in [9.17, 15) is 0 Å². The molecule has 1 aromatic heterocycles. The van der Waals surface area contributed by atoms with Crippen LogP contribution in [0.5, 0.6) is 5.75 Å². The van der Waals surface area contributed by atoms with Crippen LogP contribution in [-0.4, -0.2) is 52.7 Å². The van der Waals surface area contributed by atoms with Crippen LogP contribution in [0.4, 0.5) is 0 Å². The molecule has 1 aliphatic heterocycles. The van der Waals surface area contributed by atoms with Crippen molar-refractivity contribution in [1.82, 2.24) is 19.2 Å². The summed E-state index contributed by atoms with van der Waals surface area (Å²) in [5.41, 5.74) is 1.04. The zero-order chi connectivity index (χ0) is 17.1. The third kappa shape index (κ3) is 3.53. The molecule has 0 N–H and O–H groups in total. The monoisotopic (exact) mass is 348 g/mol. The van der Waals surface area contributed by atoms with Crippen molar-refractivity contribution < 1.29 is 9.47 Å². The van der Waals surface area contributed by atoms with Crippen molar-refractivity contribution in [1.29, 1.82) is 0 Å². The summed E-state index contributed by atoms with van der Waals surface area (Å²) in [7, 11) is 1.67.